The number of carbonyl (C=O) groups excluding carboxylic acids is 1. The van der Waals surface area contributed by atoms with E-state index in [1.807, 2.05) is 6.92 Å². The fourth-order valence-electron chi connectivity index (χ4n) is 3.25. The second kappa shape index (κ2) is 10.8. The van der Waals surface area contributed by atoms with Crippen LogP contribution in [0, 0.1) is 17.0 Å². The summed E-state index contributed by atoms with van der Waals surface area (Å²) in [5.41, 5.74) is 0.890. The number of nitro benzene ring substituents is 1. The summed E-state index contributed by atoms with van der Waals surface area (Å²) in [6, 6.07) is 17.6. The highest BCUT2D eigenvalue weighted by Crippen LogP contribution is 2.34. The average molecular weight is 509 g/mol. The zero-order valence-corrected chi connectivity index (χ0v) is 20.1. The number of nitrogens with zero attached hydrogens (tertiary/aromatic N) is 3. The molecule has 1 heterocycles. The maximum Gasteiger partial charge on any atom is 0.276 e. The molecule has 0 saturated heterocycles. The van der Waals surface area contributed by atoms with E-state index in [1.165, 1.54) is 36.1 Å². The predicted molar refractivity (Wildman–Crippen MR) is 133 cm³/mol. The van der Waals surface area contributed by atoms with Gasteiger partial charge < -0.3 is 19.5 Å². The van der Waals surface area contributed by atoms with Crippen LogP contribution in [0.2, 0.25) is 5.02 Å². The van der Waals surface area contributed by atoms with Crippen LogP contribution in [-0.4, -0.2) is 27.7 Å². The minimum Gasteiger partial charge on any atom is -0.493 e. The molecule has 11 heteroatoms. The lowest BCUT2D eigenvalue weighted by atomic mass is 10.2. The van der Waals surface area contributed by atoms with Crippen LogP contribution in [-0.2, 0) is 6.73 Å². The second-order valence-electron chi connectivity index (χ2n) is 7.60. The summed E-state index contributed by atoms with van der Waals surface area (Å²) in [5, 5.41) is 18.9. The normalized spacial score (nSPS) is 10.5. The quantitative estimate of drug-likeness (QED) is 0.223. The Morgan fingerprint density at radius 2 is 1.86 bits per heavy atom. The maximum atomic E-state index is 12.8. The van der Waals surface area contributed by atoms with E-state index in [9.17, 15) is 14.9 Å². The Hall–Kier alpha value is -4.57. The summed E-state index contributed by atoms with van der Waals surface area (Å²) in [5.74, 6) is 1.03. The van der Waals surface area contributed by atoms with Crippen molar-refractivity contribution in [1.29, 1.82) is 0 Å². The summed E-state index contributed by atoms with van der Waals surface area (Å²) in [6.45, 7) is 1.94. The van der Waals surface area contributed by atoms with E-state index in [2.05, 4.69) is 10.4 Å². The molecule has 1 aromatic heterocycles. The minimum atomic E-state index is -0.574. The standard InChI is InChI=1S/C25H21ClN4O6/c1-16-11-19(7-8-21(16)26)35-15-29-10-9-22(28-29)25(31)27-17-12-18(30(32)33)14-20(13-17)36-24-6-4-3-5-23(24)34-2/h3-14H,15H2,1-2H3,(H,27,31). The molecule has 0 fully saturated rings. The lowest BCUT2D eigenvalue weighted by Crippen LogP contribution is -2.14. The number of nitro groups is 1. The van der Waals surface area contributed by atoms with Gasteiger partial charge in [-0.25, -0.2) is 4.68 Å². The number of hydrogen-bond acceptors (Lipinski definition) is 7. The van der Waals surface area contributed by atoms with Gasteiger partial charge in [0.2, 0.25) is 0 Å². The van der Waals surface area contributed by atoms with Crippen LogP contribution in [0.1, 0.15) is 16.1 Å². The molecule has 0 aliphatic heterocycles. The van der Waals surface area contributed by atoms with Gasteiger partial charge in [0, 0.05) is 23.4 Å². The Morgan fingerprint density at radius 1 is 1.08 bits per heavy atom. The first kappa shape index (κ1) is 24.6. The molecule has 10 nitrogen and oxygen atoms in total. The van der Waals surface area contributed by atoms with E-state index in [0.717, 1.165) is 5.56 Å². The summed E-state index contributed by atoms with van der Waals surface area (Å²) >= 11 is 6.03. The molecule has 0 unspecified atom stereocenters. The Morgan fingerprint density at radius 3 is 2.58 bits per heavy atom. The van der Waals surface area contributed by atoms with Crippen molar-refractivity contribution in [1.82, 2.24) is 9.78 Å². The first-order valence-corrected chi connectivity index (χ1v) is 11.0. The summed E-state index contributed by atoms with van der Waals surface area (Å²) in [7, 11) is 1.49. The number of benzene rings is 3. The minimum absolute atomic E-state index is 0.0715. The van der Waals surface area contributed by atoms with Crippen molar-refractivity contribution >= 4 is 28.9 Å². The van der Waals surface area contributed by atoms with E-state index < -0.39 is 10.8 Å². The SMILES string of the molecule is COc1ccccc1Oc1cc(NC(=O)c2ccn(COc3ccc(Cl)c(C)c3)n2)cc([N+](=O)[O-])c1. The largest absolute Gasteiger partial charge is 0.493 e. The number of rotatable bonds is 9. The molecule has 1 amide bonds. The van der Waals surface area contributed by atoms with E-state index in [0.29, 0.717) is 22.3 Å². The number of para-hydroxylation sites is 2. The molecule has 4 aromatic rings. The Balaban J connectivity index is 1.47. The van der Waals surface area contributed by atoms with Gasteiger partial charge >= 0.3 is 0 Å². The van der Waals surface area contributed by atoms with Gasteiger partial charge in [0.05, 0.1) is 23.8 Å². The molecule has 0 aliphatic carbocycles. The topological polar surface area (TPSA) is 118 Å². The van der Waals surface area contributed by atoms with Crippen molar-refractivity contribution in [2.24, 2.45) is 0 Å². The molecule has 0 aliphatic rings. The van der Waals surface area contributed by atoms with Crippen molar-refractivity contribution in [3.8, 4) is 23.0 Å². The first-order valence-electron chi connectivity index (χ1n) is 10.7. The van der Waals surface area contributed by atoms with E-state index in [4.69, 9.17) is 25.8 Å². The molecular formula is C25H21ClN4O6. The molecule has 0 bridgehead atoms. The Kier molecular flexibility index (Phi) is 7.36. The molecule has 0 radical (unpaired) electrons. The predicted octanol–water partition coefficient (Wildman–Crippen LogP) is 5.84. The highest BCUT2D eigenvalue weighted by molar-refractivity contribution is 6.31. The van der Waals surface area contributed by atoms with Crippen molar-refractivity contribution in [3.63, 3.8) is 0 Å². The molecule has 0 spiro atoms. The maximum absolute atomic E-state index is 12.8. The number of nitrogens with one attached hydrogen (secondary N) is 1. The molecule has 0 atom stereocenters. The molecule has 3 aromatic carbocycles. The van der Waals surface area contributed by atoms with Crippen LogP contribution in [0.3, 0.4) is 0 Å². The van der Waals surface area contributed by atoms with Crippen molar-refractivity contribution < 1.29 is 23.9 Å². The number of ether oxygens (including phenoxy) is 3. The number of aromatic nitrogens is 2. The number of carbonyl (C=O) groups is 1. The summed E-state index contributed by atoms with van der Waals surface area (Å²) < 4.78 is 18.2. The summed E-state index contributed by atoms with van der Waals surface area (Å²) in [6.07, 6.45) is 1.58. The van der Waals surface area contributed by atoms with Crippen molar-refractivity contribution in [2.45, 2.75) is 13.7 Å². The van der Waals surface area contributed by atoms with E-state index in [1.54, 1.807) is 48.7 Å². The number of halogens is 1. The summed E-state index contributed by atoms with van der Waals surface area (Å²) in [4.78, 5) is 23.6. The average Bonchev–Trinajstić information content (AvgIpc) is 3.34. The zero-order valence-electron chi connectivity index (χ0n) is 19.3. The van der Waals surface area contributed by atoms with Crippen LogP contribution < -0.4 is 19.5 Å². The van der Waals surface area contributed by atoms with Gasteiger partial charge in [0.15, 0.2) is 23.9 Å². The molecule has 4 rings (SSSR count). The molecule has 36 heavy (non-hydrogen) atoms. The van der Waals surface area contributed by atoms with Crippen LogP contribution in [0.4, 0.5) is 11.4 Å². The van der Waals surface area contributed by atoms with Gasteiger partial charge in [-0.15, -0.1) is 0 Å². The van der Waals surface area contributed by atoms with Gasteiger partial charge in [0.25, 0.3) is 11.6 Å². The van der Waals surface area contributed by atoms with Gasteiger partial charge in [0.1, 0.15) is 11.5 Å². The highest BCUT2D eigenvalue weighted by atomic mass is 35.5. The number of anilines is 1. The number of aryl methyl sites for hydroxylation is 1. The van der Waals surface area contributed by atoms with Crippen molar-refractivity contribution in [2.75, 3.05) is 12.4 Å². The van der Waals surface area contributed by atoms with Crippen molar-refractivity contribution in [3.05, 3.63) is 99.3 Å². The van der Waals surface area contributed by atoms with Crippen LogP contribution in [0.5, 0.6) is 23.0 Å². The number of hydrogen-bond donors (Lipinski definition) is 1. The first-order chi connectivity index (χ1) is 17.3. The van der Waals surface area contributed by atoms with E-state index >= 15 is 0 Å². The third-order valence-electron chi connectivity index (χ3n) is 5.02. The second-order valence-corrected chi connectivity index (χ2v) is 8.01. The van der Waals surface area contributed by atoms with Gasteiger partial charge in [-0.2, -0.15) is 5.10 Å². The highest BCUT2D eigenvalue weighted by Gasteiger charge is 2.16. The lowest BCUT2D eigenvalue weighted by Gasteiger charge is -2.11. The Bertz CT molecular complexity index is 1420. The molecule has 184 valence electrons. The lowest BCUT2D eigenvalue weighted by molar-refractivity contribution is -0.384. The van der Waals surface area contributed by atoms with Crippen LogP contribution >= 0.6 is 11.6 Å². The molecule has 1 N–H and O–H groups in total. The van der Waals surface area contributed by atoms with Gasteiger partial charge in [-0.1, -0.05) is 23.7 Å². The number of non-ortho nitro benzene ring substituents is 1. The number of amides is 1. The fraction of sp³-hybridized carbons (Fsp3) is 0.120. The zero-order chi connectivity index (χ0) is 25.7. The van der Waals surface area contributed by atoms with Gasteiger partial charge in [-0.3, -0.25) is 14.9 Å². The Labute approximate surface area is 211 Å². The molecule has 0 saturated carbocycles. The van der Waals surface area contributed by atoms with Crippen LogP contribution in [0.15, 0.2) is 72.9 Å². The van der Waals surface area contributed by atoms with Gasteiger partial charge in [-0.05, 0) is 48.9 Å². The third kappa shape index (κ3) is 5.91. The third-order valence-corrected chi connectivity index (χ3v) is 5.45. The smallest absolute Gasteiger partial charge is 0.276 e. The number of methoxy groups -OCH3 is 1. The van der Waals surface area contributed by atoms with Crippen LogP contribution in [0.25, 0.3) is 0 Å². The monoisotopic (exact) mass is 508 g/mol. The molecular weight excluding hydrogens is 488 g/mol. The van der Waals surface area contributed by atoms with E-state index in [-0.39, 0.29) is 29.5 Å². The fourth-order valence-corrected chi connectivity index (χ4v) is 3.36.